The summed E-state index contributed by atoms with van der Waals surface area (Å²) in [6.07, 6.45) is 4.13. The standard InChI is InChI=1S/C19H21N5O3S/c1-2-24-18-15(10-21-24)17(22-13-6-4-3-5-7-13)14(9-20-18)16-8-19(27-23-16)11-28(25,26)12-19/h3-7,9-10,25-26H,2,8,11-12H2,1H3,(H,20,22). The molecule has 1 fully saturated rings. The first-order chi connectivity index (χ1) is 13.5. The van der Waals surface area contributed by atoms with Gasteiger partial charge >= 0.3 is 0 Å². The van der Waals surface area contributed by atoms with E-state index in [9.17, 15) is 9.11 Å². The van der Waals surface area contributed by atoms with Crippen LogP contribution in [0.3, 0.4) is 0 Å². The average Bonchev–Trinajstić information content (AvgIpc) is 3.26. The minimum Gasteiger partial charge on any atom is -0.385 e. The smallest absolute Gasteiger partial charge is 0.177 e. The van der Waals surface area contributed by atoms with E-state index in [1.807, 2.05) is 48.1 Å². The molecule has 2 aromatic heterocycles. The lowest BCUT2D eigenvalue weighted by atomic mass is 9.96. The highest BCUT2D eigenvalue weighted by Crippen LogP contribution is 2.58. The van der Waals surface area contributed by atoms with Gasteiger partial charge in [-0.1, -0.05) is 23.4 Å². The van der Waals surface area contributed by atoms with E-state index in [0.29, 0.717) is 6.42 Å². The Balaban J connectivity index is 1.56. The Morgan fingerprint density at radius 3 is 2.71 bits per heavy atom. The molecule has 3 N–H and O–H groups in total. The molecular weight excluding hydrogens is 378 g/mol. The number of hydrogen-bond donors (Lipinski definition) is 3. The van der Waals surface area contributed by atoms with Gasteiger partial charge in [-0.05, 0) is 19.1 Å². The van der Waals surface area contributed by atoms with E-state index < -0.39 is 16.2 Å². The minimum absolute atomic E-state index is 0.234. The number of pyridine rings is 1. The summed E-state index contributed by atoms with van der Waals surface area (Å²) in [5.74, 6) is 0.468. The molecule has 9 heteroatoms. The molecule has 146 valence electrons. The number of benzene rings is 1. The molecule has 0 saturated carbocycles. The zero-order chi connectivity index (χ0) is 19.4. The maximum Gasteiger partial charge on any atom is 0.177 e. The van der Waals surface area contributed by atoms with Crippen LogP contribution in [0.2, 0.25) is 0 Å². The van der Waals surface area contributed by atoms with Crippen LogP contribution in [-0.4, -0.2) is 46.7 Å². The number of para-hydroxylation sites is 1. The molecule has 4 heterocycles. The van der Waals surface area contributed by atoms with Crippen LogP contribution in [0.25, 0.3) is 11.0 Å². The Morgan fingerprint density at radius 2 is 2.00 bits per heavy atom. The largest absolute Gasteiger partial charge is 0.385 e. The van der Waals surface area contributed by atoms with Gasteiger partial charge in [-0.3, -0.25) is 9.11 Å². The van der Waals surface area contributed by atoms with Crippen molar-refractivity contribution in [1.82, 2.24) is 14.8 Å². The van der Waals surface area contributed by atoms with Gasteiger partial charge in [0.05, 0.1) is 34.5 Å². The van der Waals surface area contributed by atoms with Crippen molar-refractivity contribution in [3.05, 3.63) is 48.3 Å². The quantitative estimate of drug-likeness (QED) is 0.616. The number of rotatable bonds is 4. The van der Waals surface area contributed by atoms with E-state index in [0.717, 1.165) is 40.2 Å². The van der Waals surface area contributed by atoms with Crippen LogP contribution < -0.4 is 5.32 Å². The van der Waals surface area contributed by atoms with Gasteiger partial charge in [0.15, 0.2) is 11.2 Å². The summed E-state index contributed by atoms with van der Waals surface area (Å²) < 4.78 is 21.4. The Kier molecular flexibility index (Phi) is 3.87. The summed E-state index contributed by atoms with van der Waals surface area (Å²) in [7, 11) is -2.52. The lowest BCUT2D eigenvalue weighted by Gasteiger charge is -2.51. The second-order valence-electron chi connectivity index (χ2n) is 7.32. The lowest BCUT2D eigenvalue weighted by Crippen LogP contribution is -2.51. The molecule has 0 amide bonds. The topological polar surface area (TPSA) is 105 Å². The third-order valence-electron chi connectivity index (χ3n) is 5.15. The molecule has 5 rings (SSSR count). The first-order valence-electron chi connectivity index (χ1n) is 9.14. The van der Waals surface area contributed by atoms with Crippen molar-refractivity contribution < 1.29 is 13.9 Å². The first kappa shape index (κ1) is 17.5. The number of fused-ring (bicyclic) bond motifs is 1. The number of anilines is 2. The molecule has 28 heavy (non-hydrogen) atoms. The van der Waals surface area contributed by atoms with Gasteiger partial charge in [0.2, 0.25) is 0 Å². The Labute approximate surface area is 163 Å². The van der Waals surface area contributed by atoms with E-state index in [4.69, 9.17) is 4.84 Å². The van der Waals surface area contributed by atoms with Crippen LogP contribution >= 0.6 is 10.6 Å². The monoisotopic (exact) mass is 399 g/mol. The van der Waals surface area contributed by atoms with Crippen molar-refractivity contribution in [2.45, 2.75) is 25.5 Å². The predicted molar refractivity (Wildman–Crippen MR) is 110 cm³/mol. The Morgan fingerprint density at radius 1 is 1.21 bits per heavy atom. The molecule has 2 aliphatic heterocycles. The van der Waals surface area contributed by atoms with Gasteiger partial charge in [0.1, 0.15) is 0 Å². The number of oxime groups is 1. The van der Waals surface area contributed by atoms with Crippen LogP contribution in [-0.2, 0) is 11.4 Å². The predicted octanol–water partition coefficient (Wildman–Crippen LogP) is 3.82. The summed E-state index contributed by atoms with van der Waals surface area (Å²) >= 11 is 0. The van der Waals surface area contributed by atoms with E-state index in [1.54, 1.807) is 6.20 Å². The van der Waals surface area contributed by atoms with Crippen molar-refractivity contribution in [3.8, 4) is 0 Å². The average molecular weight is 399 g/mol. The van der Waals surface area contributed by atoms with Crippen LogP contribution in [0.1, 0.15) is 18.9 Å². The maximum atomic E-state index is 9.79. The number of hydrogen-bond acceptors (Lipinski definition) is 7. The molecule has 0 aliphatic carbocycles. The van der Waals surface area contributed by atoms with Crippen LogP contribution in [0.4, 0.5) is 11.4 Å². The molecule has 2 aliphatic rings. The second-order valence-corrected chi connectivity index (χ2v) is 9.50. The van der Waals surface area contributed by atoms with Gasteiger partial charge in [-0.2, -0.15) is 15.7 Å². The van der Waals surface area contributed by atoms with Gasteiger partial charge in [-0.25, -0.2) is 9.67 Å². The fraction of sp³-hybridized carbons (Fsp3) is 0.316. The Hall–Kier alpha value is -2.62. The first-order valence-corrected chi connectivity index (χ1v) is 11.0. The van der Waals surface area contributed by atoms with Crippen molar-refractivity contribution in [2.24, 2.45) is 5.16 Å². The van der Waals surface area contributed by atoms with Gasteiger partial charge < -0.3 is 10.2 Å². The SMILES string of the molecule is CCn1ncc2c(Nc3ccccc3)c(C3=NOC4(C3)CS(O)(O)C4)cnc21. The summed E-state index contributed by atoms with van der Waals surface area (Å²) in [4.78, 5) is 10.2. The molecule has 1 saturated heterocycles. The number of nitrogens with one attached hydrogen (secondary N) is 1. The fourth-order valence-corrected chi connectivity index (χ4v) is 5.81. The third-order valence-corrected chi connectivity index (χ3v) is 7.12. The molecule has 8 nitrogen and oxygen atoms in total. The Bertz CT molecular complexity index is 1070. The molecule has 1 spiro atoms. The summed E-state index contributed by atoms with van der Waals surface area (Å²) in [5.41, 5.74) is 3.63. The molecule has 0 atom stereocenters. The molecule has 1 aromatic carbocycles. The van der Waals surface area contributed by atoms with Crippen LogP contribution in [0.5, 0.6) is 0 Å². The van der Waals surface area contributed by atoms with Crippen molar-refractivity contribution >= 4 is 38.7 Å². The molecular formula is C19H21N5O3S. The maximum absolute atomic E-state index is 9.79. The second kappa shape index (κ2) is 6.20. The molecule has 3 aromatic rings. The molecule has 0 radical (unpaired) electrons. The van der Waals surface area contributed by atoms with Crippen LogP contribution in [0, 0.1) is 0 Å². The fourth-order valence-electron chi connectivity index (χ4n) is 3.90. The zero-order valence-corrected chi connectivity index (χ0v) is 16.2. The summed E-state index contributed by atoms with van der Waals surface area (Å²) in [5, 5.41) is 13.1. The van der Waals surface area contributed by atoms with Crippen molar-refractivity contribution in [3.63, 3.8) is 0 Å². The number of aryl methyl sites for hydroxylation is 1. The molecule has 0 unspecified atom stereocenters. The number of aromatic nitrogens is 3. The molecule has 0 bridgehead atoms. The van der Waals surface area contributed by atoms with Crippen LogP contribution in [0.15, 0.2) is 47.9 Å². The normalized spacial score (nSPS) is 20.5. The minimum atomic E-state index is -2.52. The van der Waals surface area contributed by atoms with E-state index >= 15 is 0 Å². The summed E-state index contributed by atoms with van der Waals surface area (Å²) in [6, 6.07) is 9.91. The zero-order valence-electron chi connectivity index (χ0n) is 15.4. The summed E-state index contributed by atoms with van der Waals surface area (Å²) in [6.45, 7) is 2.76. The highest BCUT2D eigenvalue weighted by Gasteiger charge is 2.55. The van der Waals surface area contributed by atoms with Gasteiger partial charge in [-0.15, -0.1) is 0 Å². The lowest BCUT2D eigenvalue weighted by molar-refractivity contribution is 0.00130. The van der Waals surface area contributed by atoms with Gasteiger partial charge in [0, 0.05) is 30.4 Å². The van der Waals surface area contributed by atoms with E-state index in [-0.39, 0.29) is 11.5 Å². The van der Waals surface area contributed by atoms with E-state index in [2.05, 4.69) is 20.6 Å². The third kappa shape index (κ3) is 2.83. The highest BCUT2D eigenvalue weighted by molar-refractivity contribution is 8.25. The van der Waals surface area contributed by atoms with Crippen molar-refractivity contribution in [1.29, 1.82) is 0 Å². The van der Waals surface area contributed by atoms with Gasteiger partial charge in [0.25, 0.3) is 0 Å². The highest BCUT2D eigenvalue weighted by atomic mass is 32.3. The van der Waals surface area contributed by atoms with E-state index in [1.165, 1.54) is 0 Å². The number of nitrogens with zero attached hydrogens (tertiary/aromatic N) is 4. The van der Waals surface area contributed by atoms with Crippen molar-refractivity contribution in [2.75, 3.05) is 16.8 Å².